The number of halogens is 1. The van der Waals surface area contributed by atoms with Gasteiger partial charge in [0.25, 0.3) is 0 Å². The molecule has 0 aromatic heterocycles. The van der Waals surface area contributed by atoms with E-state index < -0.39 is 0 Å². The second kappa shape index (κ2) is 8.01. The smallest absolute Gasteiger partial charge is 0.170 e. The quantitative estimate of drug-likeness (QED) is 0.630. The van der Waals surface area contributed by atoms with E-state index in [2.05, 4.69) is 10.6 Å². The first-order valence-corrected chi connectivity index (χ1v) is 7.84. The van der Waals surface area contributed by atoms with Crippen LogP contribution in [0.15, 0.2) is 42.5 Å². The number of anilines is 1. The van der Waals surface area contributed by atoms with Crippen LogP contribution in [0.3, 0.4) is 0 Å². The van der Waals surface area contributed by atoms with E-state index in [1.807, 2.05) is 56.3 Å². The van der Waals surface area contributed by atoms with Gasteiger partial charge in [0.05, 0.1) is 6.54 Å². The maximum absolute atomic E-state index is 6.08. The average Bonchev–Trinajstić information content (AvgIpc) is 2.49. The molecule has 0 radical (unpaired) electrons. The van der Waals surface area contributed by atoms with Crippen LogP contribution in [0.2, 0.25) is 5.02 Å². The summed E-state index contributed by atoms with van der Waals surface area (Å²) in [5.41, 5.74) is 3.12. The fourth-order valence-corrected chi connectivity index (χ4v) is 2.21. The third kappa shape index (κ3) is 5.20. The van der Waals surface area contributed by atoms with Crippen LogP contribution in [0.4, 0.5) is 5.69 Å². The Balaban J connectivity index is 1.71. The van der Waals surface area contributed by atoms with Crippen molar-refractivity contribution in [2.45, 2.75) is 13.8 Å². The zero-order valence-electron chi connectivity index (χ0n) is 12.7. The van der Waals surface area contributed by atoms with Gasteiger partial charge in [-0.1, -0.05) is 35.4 Å². The monoisotopic (exact) mass is 334 g/mol. The first-order chi connectivity index (χ1) is 10.5. The van der Waals surface area contributed by atoms with Crippen LogP contribution >= 0.6 is 23.8 Å². The van der Waals surface area contributed by atoms with Gasteiger partial charge in [0, 0.05) is 10.7 Å². The molecule has 0 saturated carbocycles. The number of hydrogen-bond acceptors (Lipinski definition) is 2. The van der Waals surface area contributed by atoms with Crippen LogP contribution in [0.5, 0.6) is 5.75 Å². The van der Waals surface area contributed by atoms with E-state index >= 15 is 0 Å². The Labute approximate surface area is 141 Å². The summed E-state index contributed by atoms with van der Waals surface area (Å²) < 4.78 is 5.63. The highest BCUT2D eigenvalue weighted by Crippen LogP contribution is 2.19. The molecule has 0 aliphatic rings. The predicted octanol–water partition coefficient (Wildman–Crippen LogP) is 4.32. The van der Waals surface area contributed by atoms with Gasteiger partial charge in [-0.15, -0.1) is 0 Å². The summed E-state index contributed by atoms with van der Waals surface area (Å²) >= 11 is 11.3. The Morgan fingerprint density at radius 3 is 2.55 bits per heavy atom. The van der Waals surface area contributed by atoms with Crippen molar-refractivity contribution in [2.24, 2.45) is 0 Å². The van der Waals surface area contributed by atoms with E-state index in [0.717, 1.165) is 22.0 Å². The second-order valence-corrected chi connectivity index (χ2v) is 5.82. The van der Waals surface area contributed by atoms with Crippen molar-refractivity contribution in [2.75, 3.05) is 18.5 Å². The molecular formula is C17H19ClN2OS. The summed E-state index contributed by atoms with van der Waals surface area (Å²) in [6, 6.07) is 13.7. The first kappa shape index (κ1) is 16.6. The maximum Gasteiger partial charge on any atom is 0.170 e. The number of ether oxygens (including phenoxy) is 1. The van der Waals surface area contributed by atoms with Crippen molar-refractivity contribution < 1.29 is 4.74 Å². The fraction of sp³-hybridized carbons (Fsp3) is 0.235. The molecule has 0 saturated heterocycles. The summed E-state index contributed by atoms with van der Waals surface area (Å²) in [4.78, 5) is 0. The Morgan fingerprint density at radius 1 is 1.14 bits per heavy atom. The van der Waals surface area contributed by atoms with E-state index in [1.54, 1.807) is 0 Å². The SMILES string of the molecule is Cc1ccc(OCCNC(=S)Nc2ccc(C)c(Cl)c2)cc1. The lowest BCUT2D eigenvalue weighted by Gasteiger charge is -2.12. The number of hydrogen-bond donors (Lipinski definition) is 2. The van der Waals surface area contributed by atoms with Crippen LogP contribution in [0.1, 0.15) is 11.1 Å². The number of nitrogens with one attached hydrogen (secondary N) is 2. The highest BCUT2D eigenvalue weighted by atomic mass is 35.5. The van der Waals surface area contributed by atoms with Crippen LogP contribution in [0.25, 0.3) is 0 Å². The van der Waals surface area contributed by atoms with Crippen molar-refractivity contribution in [1.82, 2.24) is 5.32 Å². The zero-order valence-corrected chi connectivity index (χ0v) is 14.2. The molecule has 3 nitrogen and oxygen atoms in total. The topological polar surface area (TPSA) is 33.3 Å². The standard InChI is InChI=1S/C17H19ClN2OS/c1-12-3-7-15(8-4-12)21-10-9-19-17(22)20-14-6-5-13(2)16(18)11-14/h3-8,11H,9-10H2,1-2H3,(H2,19,20,22). The zero-order chi connectivity index (χ0) is 15.9. The molecule has 2 N–H and O–H groups in total. The highest BCUT2D eigenvalue weighted by Gasteiger charge is 2.00. The lowest BCUT2D eigenvalue weighted by atomic mass is 10.2. The molecule has 2 aromatic rings. The van der Waals surface area contributed by atoms with Crippen LogP contribution < -0.4 is 15.4 Å². The molecule has 0 heterocycles. The van der Waals surface area contributed by atoms with E-state index in [9.17, 15) is 0 Å². The van der Waals surface area contributed by atoms with Gasteiger partial charge in [-0.3, -0.25) is 0 Å². The summed E-state index contributed by atoms with van der Waals surface area (Å²) in [6.07, 6.45) is 0. The van der Waals surface area contributed by atoms with Gasteiger partial charge >= 0.3 is 0 Å². The van der Waals surface area contributed by atoms with Crippen molar-refractivity contribution in [3.63, 3.8) is 0 Å². The van der Waals surface area contributed by atoms with Crippen molar-refractivity contribution in [1.29, 1.82) is 0 Å². The second-order valence-electron chi connectivity index (χ2n) is 5.01. The molecule has 0 aliphatic carbocycles. The van der Waals surface area contributed by atoms with Gasteiger partial charge in [-0.25, -0.2) is 0 Å². The van der Waals surface area contributed by atoms with Gasteiger partial charge < -0.3 is 15.4 Å². The third-order valence-electron chi connectivity index (χ3n) is 3.11. The van der Waals surface area contributed by atoms with Gasteiger partial charge in [-0.2, -0.15) is 0 Å². The number of rotatable bonds is 5. The molecule has 0 amide bonds. The largest absolute Gasteiger partial charge is 0.492 e. The van der Waals surface area contributed by atoms with Crippen molar-refractivity contribution in [3.05, 3.63) is 58.6 Å². The molecule has 2 aromatic carbocycles. The average molecular weight is 335 g/mol. The molecule has 2 rings (SSSR count). The molecule has 0 bridgehead atoms. The predicted molar refractivity (Wildman–Crippen MR) is 97.1 cm³/mol. The lowest BCUT2D eigenvalue weighted by Crippen LogP contribution is -2.31. The summed E-state index contributed by atoms with van der Waals surface area (Å²) in [5.74, 6) is 0.858. The van der Waals surface area contributed by atoms with Gasteiger partial charge in [0.15, 0.2) is 5.11 Å². The Bertz CT molecular complexity index is 644. The van der Waals surface area contributed by atoms with E-state index in [4.69, 9.17) is 28.6 Å². The van der Waals surface area contributed by atoms with Crippen molar-refractivity contribution in [3.8, 4) is 5.75 Å². The summed E-state index contributed by atoms with van der Waals surface area (Å²) in [7, 11) is 0. The Morgan fingerprint density at radius 2 is 1.86 bits per heavy atom. The molecule has 0 fully saturated rings. The molecule has 116 valence electrons. The number of thiocarbonyl (C=S) groups is 1. The van der Waals surface area contributed by atoms with E-state index in [1.165, 1.54) is 5.56 Å². The molecule has 0 aliphatic heterocycles. The Hall–Kier alpha value is -1.78. The number of benzene rings is 2. The molecule has 5 heteroatoms. The summed E-state index contributed by atoms with van der Waals surface area (Å²) in [6.45, 7) is 5.18. The first-order valence-electron chi connectivity index (χ1n) is 7.05. The van der Waals surface area contributed by atoms with Gasteiger partial charge in [-0.05, 0) is 55.9 Å². The minimum Gasteiger partial charge on any atom is -0.492 e. The van der Waals surface area contributed by atoms with Crippen LogP contribution in [-0.2, 0) is 0 Å². The minimum absolute atomic E-state index is 0.541. The third-order valence-corrected chi connectivity index (χ3v) is 3.76. The van der Waals surface area contributed by atoms with Gasteiger partial charge in [0.2, 0.25) is 0 Å². The van der Waals surface area contributed by atoms with Gasteiger partial charge in [0.1, 0.15) is 12.4 Å². The van der Waals surface area contributed by atoms with E-state index in [-0.39, 0.29) is 0 Å². The van der Waals surface area contributed by atoms with E-state index in [0.29, 0.717) is 18.3 Å². The normalized spacial score (nSPS) is 10.1. The maximum atomic E-state index is 6.08. The van der Waals surface area contributed by atoms with Crippen LogP contribution in [-0.4, -0.2) is 18.3 Å². The lowest BCUT2D eigenvalue weighted by molar-refractivity contribution is 0.322. The highest BCUT2D eigenvalue weighted by molar-refractivity contribution is 7.80. The molecule has 0 spiro atoms. The molecular weight excluding hydrogens is 316 g/mol. The Kier molecular flexibility index (Phi) is 6.04. The molecule has 0 atom stereocenters. The summed E-state index contributed by atoms with van der Waals surface area (Å²) in [5, 5.41) is 7.46. The number of aryl methyl sites for hydroxylation is 2. The minimum atomic E-state index is 0.541. The molecule has 22 heavy (non-hydrogen) atoms. The molecule has 0 unspecified atom stereocenters. The fourth-order valence-electron chi connectivity index (χ4n) is 1.81. The van der Waals surface area contributed by atoms with Crippen molar-refractivity contribution >= 4 is 34.6 Å². The van der Waals surface area contributed by atoms with Crippen LogP contribution in [0, 0.1) is 13.8 Å².